The summed E-state index contributed by atoms with van der Waals surface area (Å²) in [6, 6.07) is 0. The van der Waals surface area contributed by atoms with Gasteiger partial charge in [-0.25, -0.2) is 0 Å². The molecule has 0 aromatic rings. The van der Waals surface area contributed by atoms with Crippen molar-refractivity contribution in [2.24, 2.45) is 5.73 Å². The van der Waals surface area contributed by atoms with Crippen molar-refractivity contribution in [2.75, 3.05) is 24.3 Å². The second-order valence-corrected chi connectivity index (χ2v) is 5.14. The van der Waals surface area contributed by atoms with E-state index < -0.39 is 0 Å². The molecule has 11 heavy (non-hydrogen) atoms. The molecule has 0 aromatic carbocycles. The number of nitrogens with two attached hydrogens (primary N) is 1. The molecule has 0 aliphatic rings. The molecule has 1 nitrogen and oxygen atoms in total. The summed E-state index contributed by atoms with van der Waals surface area (Å²) in [4.78, 5) is 0. The Labute approximate surface area is 78.9 Å². The Morgan fingerprint density at radius 2 is 2.09 bits per heavy atom. The Hall–Kier alpha value is 0.660. The maximum Gasteiger partial charge on any atom is 0.00307 e. The highest BCUT2D eigenvalue weighted by Gasteiger charge is 1.99. The Kier molecular flexibility index (Phi) is 9.28. The van der Waals surface area contributed by atoms with E-state index in [1.54, 1.807) is 0 Å². The first-order chi connectivity index (χ1) is 5.31. The zero-order valence-corrected chi connectivity index (χ0v) is 9.14. The fraction of sp³-hybridized carbons (Fsp3) is 1.00. The molecule has 0 heterocycles. The molecule has 0 fully saturated rings. The SMILES string of the molecule is CSCCCSC(C)CCN. The van der Waals surface area contributed by atoms with Gasteiger partial charge in [-0.3, -0.25) is 0 Å². The van der Waals surface area contributed by atoms with Crippen molar-refractivity contribution < 1.29 is 0 Å². The highest BCUT2D eigenvalue weighted by molar-refractivity contribution is 8.00. The van der Waals surface area contributed by atoms with Gasteiger partial charge >= 0.3 is 0 Å². The van der Waals surface area contributed by atoms with Crippen LogP contribution in [0, 0.1) is 0 Å². The predicted molar refractivity (Wildman–Crippen MR) is 58.6 cm³/mol. The van der Waals surface area contributed by atoms with Crippen molar-refractivity contribution in [1.29, 1.82) is 0 Å². The summed E-state index contributed by atoms with van der Waals surface area (Å²) in [5.41, 5.74) is 5.44. The normalized spacial score (nSPS) is 13.4. The summed E-state index contributed by atoms with van der Waals surface area (Å²) >= 11 is 3.98. The fourth-order valence-corrected chi connectivity index (χ4v) is 2.44. The van der Waals surface area contributed by atoms with Crippen molar-refractivity contribution in [3.05, 3.63) is 0 Å². The molecule has 68 valence electrons. The molecule has 0 rings (SSSR count). The lowest BCUT2D eigenvalue weighted by Crippen LogP contribution is -2.07. The van der Waals surface area contributed by atoms with Crippen molar-refractivity contribution >= 4 is 23.5 Å². The Bertz CT molecular complexity index is 78.5. The van der Waals surface area contributed by atoms with Gasteiger partial charge in [0, 0.05) is 5.25 Å². The van der Waals surface area contributed by atoms with Crippen molar-refractivity contribution in [3.63, 3.8) is 0 Å². The number of hydrogen-bond donors (Lipinski definition) is 1. The molecule has 2 N–H and O–H groups in total. The fourth-order valence-electron chi connectivity index (χ4n) is 0.806. The minimum absolute atomic E-state index is 0.752. The molecule has 1 atom stereocenters. The molecular weight excluding hydrogens is 174 g/mol. The summed E-state index contributed by atoms with van der Waals surface area (Å²) in [5.74, 6) is 2.59. The molecular formula is C8H19NS2. The van der Waals surface area contributed by atoms with Crippen LogP contribution in [-0.4, -0.2) is 29.6 Å². The molecule has 0 amide bonds. The zero-order valence-electron chi connectivity index (χ0n) is 7.51. The van der Waals surface area contributed by atoms with E-state index in [9.17, 15) is 0 Å². The first-order valence-corrected chi connectivity index (χ1v) is 6.56. The molecule has 1 unspecified atom stereocenters. The molecule has 0 radical (unpaired) electrons. The minimum Gasteiger partial charge on any atom is -0.330 e. The summed E-state index contributed by atoms with van der Waals surface area (Å²) < 4.78 is 0. The molecule has 0 spiro atoms. The number of rotatable bonds is 7. The van der Waals surface area contributed by atoms with Gasteiger partial charge < -0.3 is 5.73 Å². The average molecular weight is 193 g/mol. The smallest absolute Gasteiger partial charge is 0.00307 e. The second-order valence-electron chi connectivity index (χ2n) is 2.61. The third-order valence-corrected chi connectivity index (χ3v) is 3.49. The van der Waals surface area contributed by atoms with Crippen molar-refractivity contribution in [1.82, 2.24) is 0 Å². The van der Waals surface area contributed by atoms with Crippen LogP contribution in [0.5, 0.6) is 0 Å². The van der Waals surface area contributed by atoms with Crippen molar-refractivity contribution in [2.45, 2.75) is 25.0 Å². The first-order valence-electron chi connectivity index (χ1n) is 4.12. The van der Waals surface area contributed by atoms with E-state index in [0.717, 1.165) is 18.2 Å². The topological polar surface area (TPSA) is 26.0 Å². The standard InChI is InChI=1S/C8H19NS2/c1-8(4-5-9)11-7-3-6-10-2/h8H,3-7,9H2,1-2H3. The van der Waals surface area contributed by atoms with E-state index in [4.69, 9.17) is 5.73 Å². The zero-order chi connectivity index (χ0) is 8.53. The number of hydrogen-bond acceptors (Lipinski definition) is 3. The lowest BCUT2D eigenvalue weighted by atomic mass is 10.3. The van der Waals surface area contributed by atoms with Gasteiger partial charge in [-0.2, -0.15) is 23.5 Å². The van der Waals surface area contributed by atoms with Crippen LogP contribution in [-0.2, 0) is 0 Å². The van der Waals surface area contributed by atoms with Crippen LogP contribution in [0.3, 0.4) is 0 Å². The molecule has 0 aromatic heterocycles. The monoisotopic (exact) mass is 193 g/mol. The predicted octanol–water partition coefficient (Wildman–Crippen LogP) is 2.21. The maximum atomic E-state index is 5.44. The summed E-state index contributed by atoms with van der Waals surface area (Å²) in [7, 11) is 0. The highest BCUT2D eigenvalue weighted by atomic mass is 32.2. The lowest BCUT2D eigenvalue weighted by Gasteiger charge is -2.08. The summed E-state index contributed by atoms with van der Waals surface area (Å²) in [6.45, 7) is 3.09. The highest BCUT2D eigenvalue weighted by Crippen LogP contribution is 2.14. The van der Waals surface area contributed by atoms with E-state index in [-0.39, 0.29) is 0 Å². The van der Waals surface area contributed by atoms with Crippen LogP contribution in [0.15, 0.2) is 0 Å². The van der Waals surface area contributed by atoms with E-state index in [0.29, 0.717) is 0 Å². The van der Waals surface area contributed by atoms with Gasteiger partial charge in [0.2, 0.25) is 0 Å². The summed E-state index contributed by atoms with van der Waals surface area (Å²) in [5, 5.41) is 0.752. The van der Waals surface area contributed by atoms with Gasteiger partial charge in [0.1, 0.15) is 0 Å². The van der Waals surface area contributed by atoms with E-state index in [1.165, 1.54) is 17.9 Å². The molecule has 0 saturated heterocycles. The molecule has 3 heteroatoms. The van der Waals surface area contributed by atoms with Crippen LogP contribution < -0.4 is 5.73 Å². The minimum atomic E-state index is 0.752. The third-order valence-electron chi connectivity index (χ3n) is 1.47. The third kappa shape index (κ3) is 8.57. The van der Waals surface area contributed by atoms with Gasteiger partial charge in [0.05, 0.1) is 0 Å². The van der Waals surface area contributed by atoms with E-state index in [2.05, 4.69) is 13.2 Å². The molecule has 0 aliphatic heterocycles. The van der Waals surface area contributed by atoms with E-state index in [1.807, 2.05) is 23.5 Å². The van der Waals surface area contributed by atoms with Crippen LogP contribution in [0.4, 0.5) is 0 Å². The van der Waals surface area contributed by atoms with Crippen LogP contribution in [0.1, 0.15) is 19.8 Å². The maximum absolute atomic E-state index is 5.44. The Morgan fingerprint density at radius 1 is 1.36 bits per heavy atom. The van der Waals surface area contributed by atoms with E-state index >= 15 is 0 Å². The molecule has 0 aliphatic carbocycles. The van der Waals surface area contributed by atoms with Gasteiger partial charge in [0.25, 0.3) is 0 Å². The first kappa shape index (κ1) is 11.7. The van der Waals surface area contributed by atoms with Gasteiger partial charge in [-0.1, -0.05) is 6.92 Å². The Balaban J connectivity index is 2.97. The van der Waals surface area contributed by atoms with Gasteiger partial charge in [0.15, 0.2) is 0 Å². The summed E-state index contributed by atoms with van der Waals surface area (Å²) in [6.07, 6.45) is 4.65. The van der Waals surface area contributed by atoms with Gasteiger partial charge in [-0.05, 0) is 37.1 Å². The quantitative estimate of drug-likeness (QED) is 0.628. The van der Waals surface area contributed by atoms with Crippen LogP contribution in [0.25, 0.3) is 0 Å². The van der Waals surface area contributed by atoms with Crippen molar-refractivity contribution in [3.8, 4) is 0 Å². The Morgan fingerprint density at radius 3 is 2.64 bits per heavy atom. The average Bonchev–Trinajstić information content (AvgIpc) is 1.99. The molecule has 0 saturated carbocycles. The van der Waals surface area contributed by atoms with Crippen LogP contribution >= 0.6 is 23.5 Å². The van der Waals surface area contributed by atoms with Gasteiger partial charge in [-0.15, -0.1) is 0 Å². The second kappa shape index (κ2) is 8.75. The largest absolute Gasteiger partial charge is 0.330 e. The number of thioether (sulfide) groups is 2. The lowest BCUT2D eigenvalue weighted by molar-refractivity contribution is 0.822. The van der Waals surface area contributed by atoms with Crippen LogP contribution in [0.2, 0.25) is 0 Å². The molecule has 0 bridgehead atoms.